The second-order valence-corrected chi connectivity index (χ2v) is 7.47. The molecule has 0 aromatic carbocycles. The molecule has 5 heteroatoms. The van der Waals surface area contributed by atoms with E-state index in [-0.39, 0.29) is 17.9 Å². The van der Waals surface area contributed by atoms with E-state index in [0.29, 0.717) is 0 Å². The normalized spacial score (nSPS) is 21.8. The molecule has 2 unspecified atom stereocenters. The van der Waals surface area contributed by atoms with E-state index >= 15 is 0 Å². The van der Waals surface area contributed by atoms with Gasteiger partial charge in [-0.05, 0) is 50.7 Å². The number of nitrogens with zero attached hydrogens (tertiary/aromatic N) is 4. The molecular formula is C21H28N4O. The topological polar surface area (TPSA) is 51.0 Å². The van der Waals surface area contributed by atoms with Crippen LogP contribution in [0.5, 0.6) is 0 Å². The maximum absolute atomic E-state index is 13.4. The Morgan fingerprint density at radius 1 is 1.31 bits per heavy atom. The van der Waals surface area contributed by atoms with Crippen molar-refractivity contribution < 1.29 is 4.79 Å². The molecular weight excluding hydrogens is 324 g/mol. The Balaban J connectivity index is 1.55. The van der Waals surface area contributed by atoms with Crippen LogP contribution in [0.1, 0.15) is 61.9 Å². The van der Waals surface area contributed by atoms with Crippen molar-refractivity contribution in [3.05, 3.63) is 47.3 Å². The molecule has 2 aliphatic rings. The molecule has 2 atom stereocenters. The standard InChI is InChI=1S/C21H28N4O/c1-3-17-14-24-13-16(10-11-19(24)23-17)21(26)25(4-2)18-9-5-7-15-8-6-12-22-20(15)18/h6,8,12,14,16,18H,3-5,7,9-11,13H2,1-2H3. The number of amides is 1. The SMILES string of the molecule is CCc1cn2c(n1)CCC(C(=O)N(CC)C1CCCc3cccnc31)C2. The minimum Gasteiger partial charge on any atom is -0.334 e. The van der Waals surface area contributed by atoms with E-state index in [9.17, 15) is 4.79 Å². The molecule has 2 aromatic heterocycles. The Morgan fingerprint density at radius 3 is 3.00 bits per heavy atom. The highest BCUT2D eigenvalue weighted by Crippen LogP contribution is 2.34. The van der Waals surface area contributed by atoms with E-state index in [1.165, 1.54) is 5.56 Å². The predicted molar refractivity (Wildman–Crippen MR) is 101 cm³/mol. The lowest BCUT2D eigenvalue weighted by atomic mass is 9.89. The molecule has 0 fully saturated rings. The van der Waals surface area contributed by atoms with Crippen LogP contribution < -0.4 is 0 Å². The van der Waals surface area contributed by atoms with Gasteiger partial charge in [-0.2, -0.15) is 0 Å². The lowest BCUT2D eigenvalue weighted by molar-refractivity contribution is -0.139. The van der Waals surface area contributed by atoms with E-state index in [1.807, 2.05) is 12.3 Å². The van der Waals surface area contributed by atoms with Gasteiger partial charge in [0.25, 0.3) is 0 Å². The van der Waals surface area contributed by atoms with Crippen LogP contribution in [0.3, 0.4) is 0 Å². The molecule has 1 amide bonds. The van der Waals surface area contributed by atoms with E-state index < -0.39 is 0 Å². The third-order valence-corrected chi connectivity index (χ3v) is 5.92. The highest BCUT2D eigenvalue weighted by molar-refractivity contribution is 5.79. The maximum Gasteiger partial charge on any atom is 0.228 e. The second kappa shape index (κ2) is 7.22. The summed E-state index contributed by atoms with van der Waals surface area (Å²) >= 11 is 0. The van der Waals surface area contributed by atoms with Crippen molar-refractivity contribution in [2.75, 3.05) is 6.54 Å². The Kier molecular flexibility index (Phi) is 4.79. The lowest BCUT2D eigenvalue weighted by Crippen LogP contribution is -2.43. The van der Waals surface area contributed by atoms with E-state index in [0.717, 1.165) is 68.8 Å². The highest BCUT2D eigenvalue weighted by atomic mass is 16.2. The first kappa shape index (κ1) is 17.3. The van der Waals surface area contributed by atoms with Crippen LogP contribution in [0.25, 0.3) is 0 Å². The molecule has 2 aromatic rings. The Hall–Kier alpha value is -2.17. The molecule has 1 aliphatic carbocycles. The van der Waals surface area contributed by atoms with Crippen LogP contribution in [0.15, 0.2) is 24.5 Å². The number of carbonyl (C=O) groups is 1. The molecule has 0 N–H and O–H groups in total. The zero-order valence-electron chi connectivity index (χ0n) is 15.8. The van der Waals surface area contributed by atoms with E-state index in [2.05, 4.69) is 45.5 Å². The molecule has 0 radical (unpaired) electrons. The van der Waals surface area contributed by atoms with Gasteiger partial charge in [-0.1, -0.05) is 13.0 Å². The summed E-state index contributed by atoms with van der Waals surface area (Å²) in [7, 11) is 0. The summed E-state index contributed by atoms with van der Waals surface area (Å²) in [5, 5.41) is 0. The minimum absolute atomic E-state index is 0.0513. The highest BCUT2D eigenvalue weighted by Gasteiger charge is 2.34. The van der Waals surface area contributed by atoms with Gasteiger partial charge in [0, 0.05) is 31.9 Å². The second-order valence-electron chi connectivity index (χ2n) is 7.47. The summed E-state index contributed by atoms with van der Waals surface area (Å²) in [5.74, 6) is 1.47. The fourth-order valence-corrected chi connectivity index (χ4v) is 4.53. The number of pyridine rings is 1. The Labute approximate surface area is 155 Å². The van der Waals surface area contributed by atoms with Crippen LogP contribution in [-0.4, -0.2) is 31.9 Å². The van der Waals surface area contributed by atoms with Gasteiger partial charge >= 0.3 is 0 Å². The number of rotatable bonds is 4. The van der Waals surface area contributed by atoms with Crippen LogP contribution in [0.2, 0.25) is 0 Å². The first-order valence-corrected chi connectivity index (χ1v) is 10.0. The Bertz CT molecular complexity index is 797. The maximum atomic E-state index is 13.4. The molecule has 138 valence electrons. The zero-order chi connectivity index (χ0) is 18.1. The summed E-state index contributed by atoms with van der Waals surface area (Å²) in [6, 6.07) is 4.30. The van der Waals surface area contributed by atoms with Gasteiger partial charge in [-0.15, -0.1) is 0 Å². The smallest absolute Gasteiger partial charge is 0.228 e. The average Bonchev–Trinajstić information content (AvgIpc) is 3.11. The van der Waals surface area contributed by atoms with Crippen LogP contribution in [0, 0.1) is 5.92 Å². The summed E-state index contributed by atoms with van der Waals surface area (Å²) < 4.78 is 2.20. The molecule has 5 nitrogen and oxygen atoms in total. The number of imidazole rings is 1. The van der Waals surface area contributed by atoms with Gasteiger partial charge in [-0.25, -0.2) is 4.98 Å². The van der Waals surface area contributed by atoms with Crippen molar-refractivity contribution in [2.45, 2.75) is 65.0 Å². The van der Waals surface area contributed by atoms with Crippen molar-refractivity contribution in [3.63, 3.8) is 0 Å². The average molecular weight is 352 g/mol. The fraction of sp³-hybridized carbons (Fsp3) is 0.571. The first-order chi connectivity index (χ1) is 12.7. The van der Waals surface area contributed by atoms with Crippen LogP contribution in [0.4, 0.5) is 0 Å². The summed E-state index contributed by atoms with van der Waals surface area (Å²) in [6.45, 7) is 5.73. The molecule has 0 saturated heterocycles. The predicted octanol–water partition coefficient (Wildman–Crippen LogP) is 3.33. The summed E-state index contributed by atoms with van der Waals surface area (Å²) in [6.07, 6.45) is 9.96. The largest absolute Gasteiger partial charge is 0.334 e. The van der Waals surface area contributed by atoms with Crippen molar-refractivity contribution in [2.24, 2.45) is 5.92 Å². The van der Waals surface area contributed by atoms with Gasteiger partial charge in [0.2, 0.25) is 5.91 Å². The fourth-order valence-electron chi connectivity index (χ4n) is 4.53. The number of aromatic nitrogens is 3. The van der Waals surface area contributed by atoms with Crippen molar-refractivity contribution >= 4 is 5.91 Å². The molecule has 1 aliphatic heterocycles. The molecule has 0 spiro atoms. The number of aryl methyl sites for hydroxylation is 3. The van der Waals surface area contributed by atoms with Crippen molar-refractivity contribution in [1.82, 2.24) is 19.4 Å². The third kappa shape index (κ3) is 3.04. The monoisotopic (exact) mass is 352 g/mol. The van der Waals surface area contributed by atoms with Crippen LogP contribution in [-0.2, 0) is 30.6 Å². The van der Waals surface area contributed by atoms with Gasteiger partial charge < -0.3 is 9.47 Å². The van der Waals surface area contributed by atoms with Crippen LogP contribution >= 0.6 is 0 Å². The number of carbonyl (C=O) groups excluding carboxylic acids is 1. The first-order valence-electron chi connectivity index (χ1n) is 10.0. The minimum atomic E-state index is 0.0513. The van der Waals surface area contributed by atoms with Crippen molar-refractivity contribution in [1.29, 1.82) is 0 Å². The zero-order valence-corrected chi connectivity index (χ0v) is 15.8. The molecule has 0 saturated carbocycles. The van der Waals surface area contributed by atoms with Gasteiger partial charge in [0.15, 0.2) is 0 Å². The molecule has 26 heavy (non-hydrogen) atoms. The number of hydrogen-bond acceptors (Lipinski definition) is 3. The molecule has 0 bridgehead atoms. The van der Waals surface area contributed by atoms with Crippen molar-refractivity contribution in [3.8, 4) is 0 Å². The quantitative estimate of drug-likeness (QED) is 0.848. The number of fused-ring (bicyclic) bond motifs is 2. The molecule has 4 rings (SSSR count). The third-order valence-electron chi connectivity index (χ3n) is 5.92. The van der Waals surface area contributed by atoms with Gasteiger partial charge in [0.05, 0.1) is 23.3 Å². The molecule has 3 heterocycles. The Morgan fingerprint density at radius 2 is 2.19 bits per heavy atom. The van der Waals surface area contributed by atoms with Gasteiger partial charge in [0.1, 0.15) is 5.82 Å². The summed E-state index contributed by atoms with van der Waals surface area (Å²) in [4.78, 5) is 24.8. The number of hydrogen-bond donors (Lipinski definition) is 0. The van der Waals surface area contributed by atoms with Gasteiger partial charge in [-0.3, -0.25) is 9.78 Å². The summed E-state index contributed by atoms with van der Waals surface area (Å²) in [5.41, 5.74) is 3.55. The lowest BCUT2D eigenvalue weighted by Gasteiger charge is -2.37. The van der Waals surface area contributed by atoms with E-state index in [1.54, 1.807) is 0 Å². The van der Waals surface area contributed by atoms with E-state index in [4.69, 9.17) is 0 Å².